The van der Waals surface area contributed by atoms with Gasteiger partial charge in [-0.15, -0.1) is 11.6 Å². The zero-order chi connectivity index (χ0) is 11.7. The highest BCUT2D eigenvalue weighted by Gasteiger charge is 2.48. The average Bonchev–Trinajstić information content (AvgIpc) is 2.45. The van der Waals surface area contributed by atoms with Gasteiger partial charge in [0.2, 0.25) is 0 Å². The van der Waals surface area contributed by atoms with Crippen molar-refractivity contribution >= 4 is 59.4 Å². The van der Waals surface area contributed by atoms with E-state index in [-0.39, 0.29) is 16.0 Å². The van der Waals surface area contributed by atoms with E-state index in [4.69, 9.17) is 16.3 Å². The van der Waals surface area contributed by atoms with Crippen molar-refractivity contribution in [1.82, 2.24) is 0 Å². The van der Waals surface area contributed by atoms with Crippen LogP contribution >= 0.6 is 59.4 Å². The smallest absolute Gasteiger partial charge is 0.0972 e. The lowest BCUT2D eigenvalue weighted by atomic mass is 9.99. The fourth-order valence-electron chi connectivity index (χ4n) is 1.57. The van der Waals surface area contributed by atoms with Crippen LogP contribution in [0.1, 0.15) is 20.3 Å². The van der Waals surface area contributed by atoms with Gasteiger partial charge in [-0.05, 0) is 31.3 Å². The summed E-state index contributed by atoms with van der Waals surface area (Å²) < 4.78 is 5.89. The largest absolute Gasteiger partial charge is 0.365 e. The minimum absolute atomic E-state index is 0.119. The van der Waals surface area contributed by atoms with Crippen molar-refractivity contribution in [3.05, 3.63) is 11.1 Å². The minimum atomic E-state index is -0.269. The number of rotatable bonds is 3. The highest BCUT2D eigenvalue weighted by Crippen LogP contribution is 2.43. The summed E-state index contributed by atoms with van der Waals surface area (Å²) in [5.74, 6) is 0.533. The molecular formula is C10H14Br3ClO. The van der Waals surface area contributed by atoms with Crippen LogP contribution < -0.4 is 0 Å². The molecule has 1 nitrogen and oxygen atoms in total. The molecule has 0 N–H and O–H groups in total. The summed E-state index contributed by atoms with van der Waals surface area (Å²) in [7, 11) is 0. The molecule has 0 aromatic carbocycles. The maximum atomic E-state index is 6.06. The number of halogens is 4. The Labute approximate surface area is 121 Å². The molecule has 1 aliphatic heterocycles. The van der Waals surface area contributed by atoms with Crippen LogP contribution in [-0.2, 0) is 4.74 Å². The molecule has 0 aromatic heterocycles. The summed E-state index contributed by atoms with van der Waals surface area (Å²) in [5, 5.41) is 0. The lowest BCUT2D eigenvalue weighted by Crippen LogP contribution is -2.37. The van der Waals surface area contributed by atoms with Gasteiger partial charge in [0.15, 0.2) is 0 Å². The van der Waals surface area contributed by atoms with E-state index in [9.17, 15) is 0 Å². The van der Waals surface area contributed by atoms with Gasteiger partial charge in [0.25, 0.3) is 0 Å². The van der Waals surface area contributed by atoms with Crippen molar-refractivity contribution in [3.63, 3.8) is 0 Å². The quantitative estimate of drug-likeness (QED) is 0.601. The molecule has 0 aliphatic carbocycles. The van der Waals surface area contributed by atoms with Crippen LogP contribution in [0.25, 0.3) is 0 Å². The Hall–Kier alpha value is 1.43. The van der Waals surface area contributed by atoms with Crippen molar-refractivity contribution in [2.75, 3.05) is 5.88 Å². The highest BCUT2D eigenvalue weighted by atomic mass is 79.9. The standard InChI is InChI=1S/C10H14Br3ClO/c1-9(13,6-14)8-5-7(12)10(2,15-8)3-4-11/h3-4,7-8H,5-6H2,1-2H3/b4-3+. The number of hydrogen-bond acceptors (Lipinski definition) is 1. The van der Waals surface area contributed by atoms with Crippen LogP contribution in [-0.4, -0.2) is 26.7 Å². The molecule has 0 aromatic rings. The van der Waals surface area contributed by atoms with E-state index >= 15 is 0 Å². The van der Waals surface area contributed by atoms with Crippen molar-refractivity contribution < 1.29 is 4.74 Å². The molecule has 0 radical (unpaired) electrons. The summed E-state index contributed by atoms with van der Waals surface area (Å²) in [6, 6.07) is 0. The Balaban J connectivity index is 2.80. The topological polar surface area (TPSA) is 9.23 Å². The number of alkyl halides is 3. The van der Waals surface area contributed by atoms with Gasteiger partial charge in [-0.25, -0.2) is 0 Å². The molecule has 5 heteroatoms. The first-order valence-electron chi connectivity index (χ1n) is 4.70. The number of hydrogen-bond donors (Lipinski definition) is 0. The Morgan fingerprint density at radius 3 is 2.73 bits per heavy atom. The molecule has 1 heterocycles. The molecule has 4 atom stereocenters. The first kappa shape index (κ1) is 14.5. The third-order valence-corrected chi connectivity index (χ3v) is 5.98. The molecule has 0 amide bonds. The van der Waals surface area contributed by atoms with Crippen LogP contribution in [0, 0.1) is 0 Å². The minimum Gasteiger partial charge on any atom is -0.365 e. The second-order valence-corrected chi connectivity index (χ2v) is 7.91. The predicted molar refractivity (Wildman–Crippen MR) is 76.7 cm³/mol. The van der Waals surface area contributed by atoms with Gasteiger partial charge in [0, 0.05) is 10.7 Å². The summed E-state index contributed by atoms with van der Waals surface area (Å²) in [6.45, 7) is 4.13. The maximum absolute atomic E-state index is 6.06. The van der Waals surface area contributed by atoms with Crippen molar-refractivity contribution in [1.29, 1.82) is 0 Å². The molecule has 1 rings (SSSR count). The summed E-state index contributed by atoms with van der Waals surface area (Å²) in [4.78, 5) is 2.15. The van der Waals surface area contributed by atoms with Crippen molar-refractivity contribution in [2.45, 2.75) is 41.1 Å². The van der Waals surface area contributed by atoms with Gasteiger partial charge in [0.05, 0.1) is 16.0 Å². The second-order valence-electron chi connectivity index (χ2n) is 4.20. The molecule has 1 aliphatic rings. The van der Waals surface area contributed by atoms with Crippen LogP contribution in [0.4, 0.5) is 0 Å². The van der Waals surface area contributed by atoms with Gasteiger partial charge in [0.1, 0.15) is 0 Å². The fraction of sp³-hybridized carbons (Fsp3) is 0.800. The van der Waals surface area contributed by atoms with E-state index in [1.165, 1.54) is 0 Å². The van der Waals surface area contributed by atoms with Gasteiger partial charge in [-0.2, -0.15) is 0 Å². The summed E-state index contributed by atoms with van der Waals surface area (Å²) in [6.07, 6.45) is 3.08. The third kappa shape index (κ3) is 3.21. The first-order chi connectivity index (χ1) is 6.85. The maximum Gasteiger partial charge on any atom is 0.0972 e. The van der Waals surface area contributed by atoms with Crippen LogP contribution in [0.5, 0.6) is 0 Å². The molecule has 88 valence electrons. The monoisotopic (exact) mass is 422 g/mol. The zero-order valence-electron chi connectivity index (χ0n) is 8.64. The molecule has 0 spiro atoms. The van der Waals surface area contributed by atoms with E-state index < -0.39 is 0 Å². The van der Waals surface area contributed by atoms with Gasteiger partial charge in [-0.3, -0.25) is 0 Å². The lowest BCUT2D eigenvalue weighted by molar-refractivity contribution is -0.00458. The molecule has 1 saturated heterocycles. The van der Waals surface area contributed by atoms with Crippen LogP contribution in [0.3, 0.4) is 0 Å². The normalized spacial score (nSPS) is 40.9. The van der Waals surface area contributed by atoms with Crippen molar-refractivity contribution in [2.24, 2.45) is 0 Å². The Morgan fingerprint density at radius 1 is 1.67 bits per heavy atom. The van der Waals surface area contributed by atoms with Gasteiger partial charge in [-0.1, -0.05) is 47.8 Å². The Bertz CT molecular complexity index is 257. The Kier molecular flexibility index (Phi) is 5.20. The van der Waals surface area contributed by atoms with Crippen molar-refractivity contribution in [3.8, 4) is 0 Å². The lowest BCUT2D eigenvalue weighted by Gasteiger charge is -2.29. The summed E-state index contributed by atoms with van der Waals surface area (Å²) in [5.41, 5.74) is -0.269. The van der Waals surface area contributed by atoms with E-state index in [2.05, 4.69) is 61.6 Å². The summed E-state index contributed by atoms with van der Waals surface area (Å²) >= 11 is 16.5. The molecule has 0 saturated carbocycles. The molecule has 1 fully saturated rings. The van der Waals surface area contributed by atoms with E-state index in [0.717, 1.165) is 6.42 Å². The Morgan fingerprint density at radius 2 is 2.27 bits per heavy atom. The highest BCUT2D eigenvalue weighted by molar-refractivity contribution is 9.11. The van der Waals surface area contributed by atoms with E-state index in [1.807, 2.05) is 11.1 Å². The predicted octanol–water partition coefficient (Wildman–Crippen LogP) is 4.60. The van der Waals surface area contributed by atoms with Gasteiger partial charge >= 0.3 is 0 Å². The van der Waals surface area contributed by atoms with Crippen LogP contribution in [0.2, 0.25) is 0 Å². The molecule has 0 bridgehead atoms. The zero-order valence-corrected chi connectivity index (χ0v) is 14.2. The first-order valence-corrected chi connectivity index (χ1v) is 7.86. The van der Waals surface area contributed by atoms with E-state index in [0.29, 0.717) is 10.7 Å². The third-order valence-electron chi connectivity index (χ3n) is 2.77. The number of ether oxygens (including phenoxy) is 1. The SMILES string of the molecule is CC(Br)(CCl)C1CC(Br)C(C)(/C=C/Br)O1. The fourth-order valence-corrected chi connectivity index (χ4v) is 3.15. The molecule has 15 heavy (non-hydrogen) atoms. The second kappa shape index (κ2) is 5.38. The van der Waals surface area contributed by atoms with E-state index in [1.54, 1.807) is 0 Å². The molecule has 4 unspecified atom stereocenters. The molecular weight excluding hydrogens is 411 g/mol. The van der Waals surface area contributed by atoms with Gasteiger partial charge < -0.3 is 4.74 Å². The van der Waals surface area contributed by atoms with Crippen LogP contribution in [0.15, 0.2) is 11.1 Å². The average molecular weight is 425 g/mol.